The summed E-state index contributed by atoms with van der Waals surface area (Å²) in [5, 5.41) is 5.84. The van der Waals surface area contributed by atoms with Crippen LogP contribution in [0.4, 0.5) is 0 Å². The van der Waals surface area contributed by atoms with Crippen molar-refractivity contribution in [2.24, 2.45) is 0 Å². The molecule has 0 saturated carbocycles. The Kier molecular flexibility index (Phi) is 5.97. The molecule has 2 aromatic carbocycles. The van der Waals surface area contributed by atoms with Gasteiger partial charge in [0, 0.05) is 23.7 Å². The van der Waals surface area contributed by atoms with E-state index >= 15 is 0 Å². The van der Waals surface area contributed by atoms with Gasteiger partial charge in [0.1, 0.15) is 0 Å². The monoisotopic (exact) mass is 338 g/mol. The van der Waals surface area contributed by atoms with E-state index in [9.17, 15) is 9.59 Å². The summed E-state index contributed by atoms with van der Waals surface area (Å²) in [6.07, 6.45) is 0. The molecule has 0 aliphatic rings. The third-order valence-corrected chi connectivity index (χ3v) is 4.22. The van der Waals surface area contributed by atoms with Gasteiger partial charge >= 0.3 is 0 Å². The van der Waals surface area contributed by atoms with Crippen molar-refractivity contribution in [1.82, 2.24) is 10.6 Å². The Morgan fingerprint density at radius 1 is 0.840 bits per heavy atom. The van der Waals surface area contributed by atoms with Gasteiger partial charge in [0.15, 0.2) is 0 Å². The molecule has 25 heavy (non-hydrogen) atoms. The average Bonchev–Trinajstić information content (AvgIpc) is 2.57. The van der Waals surface area contributed by atoms with Gasteiger partial charge in [-0.1, -0.05) is 35.4 Å². The zero-order chi connectivity index (χ0) is 18.6. The van der Waals surface area contributed by atoms with Gasteiger partial charge in [-0.3, -0.25) is 9.59 Å². The SMILES string of the molecule is Cc1ccc(C)c(C(=O)NC[C@H](C)NC(=O)c2cc(C)ccc2C)c1. The van der Waals surface area contributed by atoms with Crippen molar-refractivity contribution in [2.75, 3.05) is 6.54 Å². The van der Waals surface area contributed by atoms with Gasteiger partial charge in [-0.15, -0.1) is 0 Å². The van der Waals surface area contributed by atoms with Gasteiger partial charge in [0.25, 0.3) is 11.8 Å². The highest BCUT2D eigenvalue weighted by Gasteiger charge is 2.14. The molecule has 0 spiro atoms. The van der Waals surface area contributed by atoms with E-state index in [0.29, 0.717) is 17.7 Å². The molecular formula is C21H26N2O2. The molecule has 2 amide bonds. The maximum atomic E-state index is 12.4. The third kappa shape index (κ3) is 4.92. The normalized spacial score (nSPS) is 11.7. The molecule has 4 nitrogen and oxygen atoms in total. The van der Waals surface area contributed by atoms with Crippen LogP contribution in [0.25, 0.3) is 0 Å². The minimum atomic E-state index is -0.165. The summed E-state index contributed by atoms with van der Waals surface area (Å²) < 4.78 is 0. The fourth-order valence-corrected chi connectivity index (χ4v) is 2.65. The van der Waals surface area contributed by atoms with Crippen LogP contribution < -0.4 is 10.6 Å². The standard InChI is InChI=1S/C21H26N2O2/c1-13-6-8-15(3)18(10-13)20(24)22-12-17(5)23-21(25)19-11-14(2)7-9-16(19)4/h6-11,17H,12H2,1-5H3,(H,22,24)(H,23,25)/t17-/m0/s1. The van der Waals surface area contributed by atoms with Crippen LogP contribution in [0.15, 0.2) is 36.4 Å². The Morgan fingerprint density at radius 2 is 1.32 bits per heavy atom. The van der Waals surface area contributed by atoms with Gasteiger partial charge in [-0.05, 0) is 57.9 Å². The lowest BCUT2D eigenvalue weighted by molar-refractivity contribution is 0.0911. The van der Waals surface area contributed by atoms with Gasteiger partial charge in [-0.25, -0.2) is 0 Å². The minimum Gasteiger partial charge on any atom is -0.350 e. The number of hydrogen-bond acceptors (Lipinski definition) is 2. The summed E-state index contributed by atoms with van der Waals surface area (Å²) in [6.45, 7) is 10.0. The highest BCUT2D eigenvalue weighted by atomic mass is 16.2. The molecule has 2 N–H and O–H groups in total. The fourth-order valence-electron chi connectivity index (χ4n) is 2.65. The number of amides is 2. The van der Waals surface area contributed by atoms with Gasteiger partial charge in [0.2, 0.25) is 0 Å². The van der Waals surface area contributed by atoms with Crippen molar-refractivity contribution in [3.63, 3.8) is 0 Å². The summed E-state index contributed by atoms with van der Waals surface area (Å²) in [5.74, 6) is -0.233. The molecule has 0 aliphatic carbocycles. The van der Waals surface area contributed by atoms with Crippen molar-refractivity contribution >= 4 is 11.8 Å². The van der Waals surface area contributed by atoms with E-state index in [1.54, 1.807) is 0 Å². The average molecular weight is 338 g/mol. The van der Waals surface area contributed by atoms with E-state index in [1.165, 1.54) is 0 Å². The highest BCUT2D eigenvalue weighted by molar-refractivity contribution is 5.97. The molecule has 0 unspecified atom stereocenters. The summed E-state index contributed by atoms with van der Waals surface area (Å²) in [7, 11) is 0. The first-order chi connectivity index (χ1) is 11.8. The second kappa shape index (κ2) is 7.97. The fraction of sp³-hybridized carbons (Fsp3) is 0.333. The van der Waals surface area contributed by atoms with Gasteiger partial charge in [0.05, 0.1) is 0 Å². The molecule has 132 valence electrons. The van der Waals surface area contributed by atoms with Gasteiger partial charge in [-0.2, -0.15) is 0 Å². The van der Waals surface area contributed by atoms with Crippen molar-refractivity contribution < 1.29 is 9.59 Å². The van der Waals surface area contributed by atoms with E-state index in [-0.39, 0.29) is 17.9 Å². The Balaban J connectivity index is 1.95. The number of aryl methyl sites for hydroxylation is 4. The number of carbonyl (C=O) groups is 2. The lowest BCUT2D eigenvalue weighted by Gasteiger charge is -2.16. The molecule has 0 aromatic heterocycles. The Labute approximate surface area is 149 Å². The first-order valence-corrected chi connectivity index (χ1v) is 8.51. The molecule has 0 fully saturated rings. The van der Waals surface area contributed by atoms with Crippen molar-refractivity contribution in [1.29, 1.82) is 0 Å². The first kappa shape index (κ1) is 18.7. The first-order valence-electron chi connectivity index (χ1n) is 8.51. The van der Waals surface area contributed by atoms with Crippen LogP contribution in [-0.4, -0.2) is 24.4 Å². The van der Waals surface area contributed by atoms with Crippen LogP contribution in [-0.2, 0) is 0 Å². The number of rotatable bonds is 5. The number of nitrogens with one attached hydrogen (secondary N) is 2. The summed E-state index contributed by atoms with van der Waals surface area (Å²) in [6, 6.07) is 11.4. The largest absolute Gasteiger partial charge is 0.350 e. The molecule has 0 bridgehead atoms. The summed E-state index contributed by atoms with van der Waals surface area (Å²) in [5.41, 5.74) is 5.32. The Bertz CT molecular complexity index is 796. The number of benzene rings is 2. The minimum absolute atomic E-state index is 0.116. The van der Waals surface area contributed by atoms with Crippen LogP contribution in [0.3, 0.4) is 0 Å². The predicted octanol–water partition coefficient (Wildman–Crippen LogP) is 3.47. The molecule has 4 heteroatoms. The summed E-state index contributed by atoms with van der Waals surface area (Å²) in [4.78, 5) is 24.8. The smallest absolute Gasteiger partial charge is 0.251 e. The van der Waals surface area contributed by atoms with Crippen molar-refractivity contribution in [3.8, 4) is 0 Å². The van der Waals surface area contributed by atoms with Crippen LogP contribution in [0.2, 0.25) is 0 Å². The van der Waals surface area contributed by atoms with E-state index in [4.69, 9.17) is 0 Å². The van der Waals surface area contributed by atoms with Crippen LogP contribution >= 0.6 is 0 Å². The number of carbonyl (C=O) groups excluding carboxylic acids is 2. The Morgan fingerprint density at radius 3 is 1.84 bits per heavy atom. The number of hydrogen-bond donors (Lipinski definition) is 2. The van der Waals surface area contributed by atoms with E-state index in [2.05, 4.69) is 10.6 Å². The maximum Gasteiger partial charge on any atom is 0.251 e. The van der Waals surface area contributed by atoms with Crippen molar-refractivity contribution in [3.05, 3.63) is 69.8 Å². The molecule has 0 saturated heterocycles. The molecule has 2 rings (SSSR count). The van der Waals surface area contributed by atoms with Gasteiger partial charge < -0.3 is 10.6 Å². The lowest BCUT2D eigenvalue weighted by atomic mass is 10.0. The van der Waals surface area contributed by atoms with E-state index in [0.717, 1.165) is 22.3 Å². The molecule has 0 radical (unpaired) electrons. The molecule has 1 atom stereocenters. The quantitative estimate of drug-likeness (QED) is 0.877. The van der Waals surface area contributed by atoms with Crippen LogP contribution in [0, 0.1) is 27.7 Å². The second-order valence-electron chi connectivity index (χ2n) is 6.72. The maximum absolute atomic E-state index is 12.4. The van der Waals surface area contributed by atoms with E-state index in [1.807, 2.05) is 71.0 Å². The third-order valence-electron chi connectivity index (χ3n) is 4.22. The second-order valence-corrected chi connectivity index (χ2v) is 6.72. The topological polar surface area (TPSA) is 58.2 Å². The predicted molar refractivity (Wildman–Crippen MR) is 101 cm³/mol. The molecular weight excluding hydrogens is 312 g/mol. The molecule has 2 aromatic rings. The van der Waals surface area contributed by atoms with E-state index < -0.39 is 0 Å². The summed E-state index contributed by atoms with van der Waals surface area (Å²) >= 11 is 0. The Hall–Kier alpha value is -2.62. The zero-order valence-corrected chi connectivity index (χ0v) is 15.6. The molecule has 0 aliphatic heterocycles. The van der Waals surface area contributed by atoms with Crippen LogP contribution in [0.5, 0.6) is 0 Å². The molecule has 0 heterocycles. The highest BCUT2D eigenvalue weighted by Crippen LogP contribution is 2.11. The lowest BCUT2D eigenvalue weighted by Crippen LogP contribution is -2.42. The van der Waals surface area contributed by atoms with Crippen LogP contribution in [0.1, 0.15) is 49.9 Å². The van der Waals surface area contributed by atoms with Crippen molar-refractivity contribution in [2.45, 2.75) is 40.7 Å². The zero-order valence-electron chi connectivity index (χ0n) is 15.6.